The SMILES string of the molecule is NC(=O)OC(CCN1CCN(C2C=CC(N=O)=CC2)CC1)c1ccc(F)cc1. The van der Waals surface area contributed by atoms with Gasteiger partial charge in [0.15, 0.2) is 0 Å². The Morgan fingerprint density at radius 2 is 1.96 bits per heavy atom. The number of primary amides is 1. The van der Waals surface area contributed by atoms with Gasteiger partial charge in [-0.25, -0.2) is 9.18 Å². The molecule has 1 aliphatic carbocycles. The number of carbonyl (C=O) groups excluding carboxylic acids is 1. The molecule has 150 valence electrons. The molecule has 0 saturated carbocycles. The Bertz CT molecular complexity index is 742. The molecule has 1 heterocycles. The van der Waals surface area contributed by atoms with E-state index >= 15 is 0 Å². The number of rotatable bonds is 7. The normalized spacial score (nSPS) is 21.8. The van der Waals surface area contributed by atoms with E-state index < -0.39 is 12.2 Å². The van der Waals surface area contributed by atoms with Gasteiger partial charge in [0, 0.05) is 45.2 Å². The largest absolute Gasteiger partial charge is 0.441 e. The Kier molecular flexibility index (Phi) is 6.89. The molecular weight excluding hydrogens is 363 g/mol. The minimum Gasteiger partial charge on any atom is -0.441 e. The summed E-state index contributed by atoms with van der Waals surface area (Å²) >= 11 is 0. The lowest BCUT2D eigenvalue weighted by molar-refractivity contribution is 0.0740. The lowest BCUT2D eigenvalue weighted by Gasteiger charge is -2.39. The van der Waals surface area contributed by atoms with Gasteiger partial charge in [0.25, 0.3) is 0 Å². The monoisotopic (exact) mass is 388 g/mol. The molecule has 3 rings (SSSR count). The average Bonchev–Trinajstić information content (AvgIpc) is 2.72. The molecule has 8 heteroatoms. The molecule has 0 spiro atoms. The predicted molar refractivity (Wildman–Crippen MR) is 104 cm³/mol. The van der Waals surface area contributed by atoms with Crippen molar-refractivity contribution in [2.45, 2.75) is 25.0 Å². The van der Waals surface area contributed by atoms with Crippen molar-refractivity contribution in [2.75, 3.05) is 32.7 Å². The maximum absolute atomic E-state index is 13.1. The molecule has 2 atom stereocenters. The molecule has 0 radical (unpaired) electrons. The second kappa shape index (κ2) is 9.57. The van der Waals surface area contributed by atoms with Gasteiger partial charge in [0.2, 0.25) is 0 Å². The molecule has 28 heavy (non-hydrogen) atoms. The van der Waals surface area contributed by atoms with E-state index in [-0.39, 0.29) is 5.82 Å². The highest BCUT2D eigenvalue weighted by molar-refractivity contribution is 5.65. The van der Waals surface area contributed by atoms with E-state index in [1.165, 1.54) is 12.1 Å². The number of amides is 1. The van der Waals surface area contributed by atoms with Crippen LogP contribution in [0.1, 0.15) is 24.5 Å². The minimum absolute atomic E-state index is 0.304. The first kappa shape index (κ1) is 20.2. The van der Waals surface area contributed by atoms with E-state index in [9.17, 15) is 14.1 Å². The zero-order valence-electron chi connectivity index (χ0n) is 15.7. The molecule has 1 fully saturated rings. The molecule has 1 saturated heterocycles. The topological polar surface area (TPSA) is 88.2 Å². The summed E-state index contributed by atoms with van der Waals surface area (Å²) < 4.78 is 18.4. The first-order valence-electron chi connectivity index (χ1n) is 9.45. The van der Waals surface area contributed by atoms with Crippen LogP contribution in [-0.2, 0) is 4.74 Å². The molecule has 2 aliphatic rings. The maximum atomic E-state index is 13.1. The molecule has 1 aliphatic heterocycles. The van der Waals surface area contributed by atoms with Crippen molar-refractivity contribution in [3.63, 3.8) is 0 Å². The van der Waals surface area contributed by atoms with Crippen molar-refractivity contribution < 1.29 is 13.9 Å². The second-order valence-electron chi connectivity index (χ2n) is 7.03. The molecule has 2 unspecified atom stereocenters. The van der Waals surface area contributed by atoms with Crippen molar-refractivity contribution in [2.24, 2.45) is 10.9 Å². The summed E-state index contributed by atoms with van der Waals surface area (Å²) in [4.78, 5) is 26.5. The summed E-state index contributed by atoms with van der Waals surface area (Å²) in [6, 6.07) is 6.24. The number of nitrogens with zero attached hydrogens (tertiary/aromatic N) is 3. The van der Waals surface area contributed by atoms with Crippen molar-refractivity contribution in [3.05, 3.63) is 64.5 Å². The summed E-state index contributed by atoms with van der Waals surface area (Å²) in [5, 5.41) is 2.96. The van der Waals surface area contributed by atoms with Gasteiger partial charge in [0.05, 0.1) is 0 Å². The van der Waals surface area contributed by atoms with Gasteiger partial charge in [-0.3, -0.25) is 4.90 Å². The zero-order chi connectivity index (χ0) is 19.9. The van der Waals surface area contributed by atoms with Gasteiger partial charge >= 0.3 is 6.09 Å². The van der Waals surface area contributed by atoms with Gasteiger partial charge in [-0.05, 0) is 35.4 Å². The third kappa shape index (κ3) is 5.46. The smallest absolute Gasteiger partial charge is 0.405 e. The summed E-state index contributed by atoms with van der Waals surface area (Å²) in [5.41, 5.74) is 6.43. The fraction of sp³-hybridized carbons (Fsp3) is 0.450. The number of halogens is 1. The quantitative estimate of drug-likeness (QED) is 0.726. The minimum atomic E-state index is -0.833. The number of piperazine rings is 1. The van der Waals surface area contributed by atoms with Crippen molar-refractivity contribution in [1.29, 1.82) is 0 Å². The number of hydrogen-bond donors (Lipinski definition) is 1. The van der Waals surface area contributed by atoms with Crippen LogP contribution in [0.3, 0.4) is 0 Å². The molecule has 7 nitrogen and oxygen atoms in total. The molecular formula is C20H25FN4O3. The number of nitroso groups, excluding NO2 is 1. The predicted octanol–water partition coefficient (Wildman–Crippen LogP) is 2.95. The van der Waals surface area contributed by atoms with Crippen LogP contribution in [0.25, 0.3) is 0 Å². The summed E-state index contributed by atoms with van der Waals surface area (Å²) in [6.45, 7) is 4.40. The number of hydrogen-bond acceptors (Lipinski definition) is 6. The lowest BCUT2D eigenvalue weighted by atomic mass is 10.0. The highest BCUT2D eigenvalue weighted by Gasteiger charge is 2.24. The Hall–Kier alpha value is -2.58. The Morgan fingerprint density at radius 1 is 1.25 bits per heavy atom. The number of nitrogens with two attached hydrogens (primary N) is 1. The van der Waals surface area contributed by atoms with Gasteiger partial charge in [-0.2, -0.15) is 0 Å². The highest BCUT2D eigenvalue weighted by atomic mass is 19.1. The van der Waals surface area contributed by atoms with Crippen LogP contribution in [0.5, 0.6) is 0 Å². The number of ether oxygens (including phenoxy) is 1. The van der Waals surface area contributed by atoms with Gasteiger partial charge in [-0.15, -0.1) is 4.91 Å². The van der Waals surface area contributed by atoms with E-state index in [4.69, 9.17) is 10.5 Å². The Balaban J connectivity index is 1.48. The van der Waals surface area contributed by atoms with E-state index in [1.54, 1.807) is 18.2 Å². The lowest BCUT2D eigenvalue weighted by Crippen LogP contribution is -2.50. The third-order valence-electron chi connectivity index (χ3n) is 5.25. The third-order valence-corrected chi connectivity index (χ3v) is 5.25. The summed E-state index contributed by atoms with van der Waals surface area (Å²) in [7, 11) is 0. The Labute approximate surface area is 163 Å². The first-order chi connectivity index (χ1) is 13.5. The van der Waals surface area contributed by atoms with Crippen LogP contribution in [0.4, 0.5) is 9.18 Å². The molecule has 1 amide bonds. The maximum Gasteiger partial charge on any atom is 0.405 e. The summed E-state index contributed by atoms with van der Waals surface area (Å²) in [5.74, 6) is -0.333. The number of carbonyl (C=O) groups is 1. The van der Waals surface area contributed by atoms with Gasteiger partial charge in [0.1, 0.15) is 17.6 Å². The molecule has 0 bridgehead atoms. The van der Waals surface area contributed by atoms with Gasteiger partial charge < -0.3 is 15.4 Å². The van der Waals surface area contributed by atoms with Crippen molar-refractivity contribution in [3.8, 4) is 0 Å². The molecule has 1 aromatic carbocycles. The van der Waals surface area contributed by atoms with Crippen LogP contribution in [0, 0.1) is 10.7 Å². The second-order valence-corrected chi connectivity index (χ2v) is 7.03. The van der Waals surface area contributed by atoms with E-state index in [2.05, 4.69) is 15.0 Å². The fourth-order valence-corrected chi connectivity index (χ4v) is 3.67. The highest BCUT2D eigenvalue weighted by Crippen LogP contribution is 2.23. The van der Waals surface area contributed by atoms with Crippen LogP contribution in [0.15, 0.2) is 53.4 Å². The average molecular weight is 388 g/mol. The van der Waals surface area contributed by atoms with E-state index in [1.807, 2.05) is 12.2 Å². The standard InChI is InChI=1S/C20H25FN4O3/c21-16-3-1-15(2-4-16)19(28-20(22)26)9-10-24-11-13-25(14-12-24)18-7-5-17(23-27)6-8-18/h1-7,18-19H,8-14H2,(H2,22,26). The van der Waals surface area contributed by atoms with Crippen molar-refractivity contribution in [1.82, 2.24) is 9.80 Å². The number of benzene rings is 1. The molecule has 1 aromatic rings. The molecule has 2 N–H and O–H groups in total. The van der Waals surface area contributed by atoms with Crippen LogP contribution in [0.2, 0.25) is 0 Å². The van der Waals surface area contributed by atoms with Crippen LogP contribution < -0.4 is 5.73 Å². The summed E-state index contributed by atoms with van der Waals surface area (Å²) in [6.07, 6.45) is 5.77. The zero-order valence-corrected chi connectivity index (χ0v) is 15.7. The van der Waals surface area contributed by atoms with Crippen LogP contribution in [-0.4, -0.2) is 54.7 Å². The fourth-order valence-electron chi connectivity index (χ4n) is 3.67. The first-order valence-corrected chi connectivity index (χ1v) is 9.45. The van der Waals surface area contributed by atoms with E-state index in [0.29, 0.717) is 18.2 Å². The Morgan fingerprint density at radius 3 is 2.54 bits per heavy atom. The number of allylic oxidation sites excluding steroid dienone is 1. The van der Waals surface area contributed by atoms with Crippen molar-refractivity contribution >= 4 is 6.09 Å². The molecule has 0 aromatic heterocycles. The van der Waals surface area contributed by atoms with Gasteiger partial charge in [-0.1, -0.05) is 24.3 Å². The van der Waals surface area contributed by atoms with Crippen LogP contribution >= 0.6 is 0 Å². The van der Waals surface area contributed by atoms with E-state index in [0.717, 1.165) is 44.7 Å².